The van der Waals surface area contributed by atoms with Crippen LogP contribution >= 0.6 is 0 Å². The fraction of sp³-hybridized carbons (Fsp3) is 0.706. The van der Waals surface area contributed by atoms with E-state index in [2.05, 4.69) is 21.8 Å². The molecule has 3 fully saturated rings. The second-order valence-corrected chi connectivity index (χ2v) is 7.33. The van der Waals surface area contributed by atoms with Crippen molar-refractivity contribution in [3.05, 3.63) is 12.3 Å². The minimum atomic E-state index is -0.558. The van der Waals surface area contributed by atoms with Crippen molar-refractivity contribution in [3.63, 3.8) is 0 Å². The number of carbonyl (C=O) groups is 2. The maximum atomic E-state index is 12.3. The Hall–Kier alpha value is -2.25. The first kappa shape index (κ1) is 16.2. The Bertz CT molecular complexity index is 636. The lowest BCUT2D eigenvalue weighted by molar-refractivity contribution is -0.133. The van der Waals surface area contributed by atoms with E-state index in [1.807, 2.05) is 0 Å². The molecule has 25 heavy (non-hydrogen) atoms. The van der Waals surface area contributed by atoms with Gasteiger partial charge in [0.15, 0.2) is 12.2 Å². The third kappa shape index (κ3) is 2.83. The number of hydrogen-bond donors (Lipinski definition) is 1. The number of likely N-dealkylation sites (tertiary alicyclic amines) is 1. The number of ether oxygens (including phenoxy) is 1. The number of hydrogen-bond acceptors (Lipinski definition) is 6. The monoisotopic (exact) mass is 347 g/mol. The molecule has 2 atom stereocenters. The number of likely N-dealkylation sites (N-methyl/N-ethyl adjacent to an activating group) is 2. The number of urea groups is 1. The number of nitrogens with one attached hydrogen (secondary N) is 1. The van der Waals surface area contributed by atoms with Gasteiger partial charge in [0.2, 0.25) is 0 Å². The van der Waals surface area contributed by atoms with Gasteiger partial charge in [-0.25, -0.2) is 9.79 Å². The summed E-state index contributed by atoms with van der Waals surface area (Å²) in [6, 6.07) is -0.528. The van der Waals surface area contributed by atoms with Gasteiger partial charge in [-0.1, -0.05) is 6.58 Å². The second-order valence-electron chi connectivity index (χ2n) is 7.33. The van der Waals surface area contributed by atoms with E-state index in [4.69, 9.17) is 4.74 Å². The quantitative estimate of drug-likeness (QED) is 0.808. The Morgan fingerprint density at radius 2 is 1.88 bits per heavy atom. The summed E-state index contributed by atoms with van der Waals surface area (Å²) in [4.78, 5) is 33.7. The molecular formula is C17H25N5O3. The van der Waals surface area contributed by atoms with Crippen molar-refractivity contribution in [2.45, 2.75) is 44.0 Å². The molecule has 8 nitrogen and oxygen atoms in total. The fourth-order valence-electron chi connectivity index (χ4n) is 3.75. The Labute approximate surface area is 147 Å². The summed E-state index contributed by atoms with van der Waals surface area (Å²) in [5.74, 6) is 0.420. The smallest absolute Gasteiger partial charge is 0.328 e. The van der Waals surface area contributed by atoms with Gasteiger partial charge >= 0.3 is 6.03 Å². The van der Waals surface area contributed by atoms with Crippen LogP contribution in [0, 0.1) is 5.92 Å². The molecule has 2 saturated heterocycles. The van der Waals surface area contributed by atoms with Crippen LogP contribution < -0.4 is 5.32 Å². The Kier molecular flexibility index (Phi) is 3.85. The van der Waals surface area contributed by atoms with E-state index in [0.29, 0.717) is 11.9 Å². The molecule has 8 heteroatoms. The molecule has 0 aromatic carbocycles. The van der Waals surface area contributed by atoms with Crippen LogP contribution in [0.1, 0.15) is 25.7 Å². The summed E-state index contributed by atoms with van der Waals surface area (Å²) in [6.07, 6.45) is 3.90. The first-order chi connectivity index (χ1) is 12.0. The van der Waals surface area contributed by atoms with Gasteiger partial charge in [-0.2, -0.15) is 0 Å². The molecule has 0 bridgehead atoms. The minimum Gasteiger partial charge on any atom is -0.462 e. The first-order valence-corrected chi connectivity index (χ1v) is 8.95. The molecule has 3 heterocycles. The molecule has 3 aliphatic heterocycles. The van der Waals surface area contributed by atoms with E-state index in [-0.39, 0.29) is 18.0 Å². The zero-order chi connectivity index (χ0) is 17.7. The van der Waals surface area contributed by atoms with Crippen LogP contribution in [0.25, 0.3) is 0 Å². The molecule has 2 unspecified atom stereocenters. The summed E-state index contributed by atoms with van der Waals surface area (Å²) in [5.41, 5.74) is 1.27. The van der Waals surface area contributed by atoms with E-state index in [0.717, 1.165) is 30.8 Å². The van der Waals surface area contributed by atoms with Crippen molar-refractivity contribution in [3.8, 4) is 0 Å². The molecule has 0 aromatic rings. The summed E-state index contributed by atoms with van der Waals surface area (Å²) >= 11 is 0. The number of aliphatic imine (C=N–C) groups is 1. The Morgan fingerprint density at radius 3 is 2.52 bits per heavy atom. The molecule has 0 radical (unpaired) electrons. The largest absolute Gasteiger partial charge is 0.462 e. The van der Waals surface area contributed by atoms with Crippen LogP contribution in [0.4, 0.5) is 4.79 Å². The molecular weight excluding hydrogens is 322 g/mol. The average Bonchev–Trinajstić information content (AvgIpc) is 3.38. The van der Waals surface area contributed by atoms with Gasteiger partial charge in [0.1, 0.15) is 6.10 Å². The fourth-order valence-corrected chi connectivity index (χ4v) is 3.75. The van der Waals surface area contributed by atoms with Crippen molar-refractivity contribution >= 4 is 18.0 Å². The lowest BCUT2D eigenvalue weighted by Crippen LogP contribution is -2.63. The zero-order valence-corrected chi connectivity index (χ0v) is 14.8. The van der Waals surface area contributed by atoms with Crippen molar-refractivity contribution < 1.29 is 14.3 Å². The number of piperidine rings is 1. The van der Waals surface area contributed by atoms with Gasteiger partial charge in [0.25, 0.3) is 11.9 Å². The third-order valence-electron chi connectivity index (χ3n) is 5.58. The number of imide groups is 1. The predicted molar refractivity (Wildman–Crippen MR) is 91.6 cm³/mol. The normalized spacial score (nSPS) is 30.2. The van der Waals surface area contributed by atoms with Crippen LogP contribution in [0.2, 0.25) is 0 Å². The summed E-state index contributed by atoms with van der Waals surface area (Å²) < 4.78 is 5.99. The van der Waals surface area contributed by atoms with Gasteiger partial charge in [-0.3, -0.25) is 9.69 Å². The lowest BCUT2D eigenvalue weighted by Gasteiger charge is -2.36. The van der Waals surface area contributed by atoms with Crippen LogP contribution in [0.5, 0.6) is 0 Å². The minimum absolute atomic E-state index is 0.0727. The molecule has 3 amide bonds. The van der Waals surface area contributed by atoms with Gasteiger partial charge in [-0.05, 0) is 18.8 Å². The number of carbonyl (C=O) groups excluding carboxylic acids is 2. The van der Waals surface area contributed by atoms with Crippen LogP contribution in [0.3, 0.4) is 0 Å². The summed E-state index contributed by atoms with van der Waals surface area (Å²) in [7, 11) is 3.14. The molecule has 0 spiro atoms. The molecule has 136 valence electrons. The van der Waals surface area contributed by atoms with Crippen LogP contribution in [0.15, 0.2) is 17.3 Å². The maximum Gasteiger partial charge on any atom is 0.328 e. The molecule has 0 aromatic heterocycles. The van der Waals surface area contributed by atoms with Crippen molar-refractivity contribution in [1.29, 1.82) is 0 Å². The van der Waals surface area contributed by atoms with Crippen molar-refractivity contribution in [1.82, 2.24) is 20.0 Å². The van der Waals surface area contributed by atoms with Crippen LogP contribution in [-0.4, -0.2) is 78.2 Å². The van der Waals surface area contributed by atoms with Gasteiger partial charge in [-0.15, -0.1) is 0 Å². The third-order valence-corrected chi connectivity index (χ3v) is 5.58. The van der Waals surface area contributed by atoms with E-state index >= 15 is 0 Å². The highest BCUT2D eigenvalue weighted by atomic mass is 16.5. The second kappa shape index (κ2) is 5.93. The van der Waals surface area contributed by atoms with E-state index in [9.17, 15) is 9.59 Å². The van der Waals surface area contributed by atoms with E-state index < -0.39 is 12.2 Å². The lowest BCUT2D eigenvalue weighted by atomic mass is 10.1. The number of fused-ring (bicyclic) bond motifs is 1. The van der Waals surface area contributed by atoms with E-state index in [1.54, 1.807) is 7.05 Å². The number of amidine groups is 1. The predicted octanol–water partition coefficient (Wildman–Crippen LogP) is 0.569. The van der Waals surface area contributed by atoms with Crippen molar-refractivity contribution in [2.24, 2.45) is 10.9 Å². The van der Waals surface area contributed by atoms with Crippen molar-refractivity contribution in [2.75, 3.05) is 27.2 Å². The highest BCUT2D eigenvalue weighted by Crippen LogP contribution is 2.38. The number of rotatable bonds is 3. The highest BCUT2D eigenvalue weighted by molar-refractivity contribution is 6.02. The highest BCUT2D eigenvalue weighted by Gasteiger charge is 2.47. The summed E-state index contributed by atoms with van der Waals surface area (Å²) in [6.45, 7) is 6.11. The first-order valence-electron chi connectivity index (χ1n) is 8.95. The molecule has 4 aliphatic rings. The topological polar surface area (TPSA) is 77.5 Å². The Morgan fingerprint density at radius 1 is 1.20 bits per heavy atom. The molecule has 4 rings (SSSR count). The number of amides is 3. The average molecular weight is 347 g/mol. The van der Waals surface area contributed by atoms with Crippen LogP contribution in [-0.2, 0) is 9.53 Å². The van der Waals surface area contributed by atoms with Gasteiger partial charge < -0.3 is 19.9 Å². The molecule has 1 N–H and O–H groups in total. The maximum absolute atomic E-state index is 12.3. The molecule has 1 aliphatic carbocycles. The standard InChI is InChI=1S/C17H25N5O3/c1-10(11-4-5-11)22-8-6-12(7-9-22)25-16-18-13-14(19-16)20(2)17(24)21(3)15(13)23/h11-14H,1,4-9H2,2-3H3,(H,18,19). The summed E-state index contributed by atoms with van der Waals surface area (Å²) in [5, 5.41) is 3.05. The SMILES string of the molecule is C=C(C1CC1)N1CCC(OC2=NC3C(N2)C(=O)N(C)C(=O)N3C)CC1. The number of nitrogens with zero attached hydrogens (tertiary/aromatic N) is 4. The Balaban J connectivity index is 1.34. The van der Waals surface area contributed by atoms with E-state index in [1.165, 1.54) is 30.5 Å². The molecule has 1 saturated carbocycles. The van der Waals surface area contributed by atoms with Gasteiger partial charge in [0, 0.05) is 45.7 Å². The van der Waals surface area contributed by atoms with Gasteiger partial charge in [0.05, 0.1) is 0 Å². The zero-order valence-electron chi connectivity index (χ0n) is 14.8. The number of allylic oxidation sites excluding steroid dienone is 1.